The van der Waals surface area contributed by atoms with Crippen LogP contribution in [-0.4, -0.2) is 31.7 Å². The summed E-state index contributed by atoms with van der Waals surface area (Å²) in [6.45, 7) is 8.26. The van der Waals surface area contributed by atoms with Crippen molar-refractivity contribution in [2.45, 2.75) is 44.0 Å². The average Bonchev–Trinajstić information content (AvgIpc) is 3.00. The fraction of sp³-hybridized carbons (Fsp3) is 0.273. The summed E-state index contributed by atoms with van der Waals surface area (Å²) in [7, 11) is -5.37. The van der Waals surface area contributed by atoms with Crippen molar-refractivity contribution in [1.82, 2.24) is 3.97 Å². The maximum absolute atomic E-state index is 13.3. The van der Waals surface area contributed by atoms with Gasteiger partial charge in [-0.05, 0) is 36.8 Å². The molecule has 0 amide bonds. The van der Waals surface area contributed by atoms with Gasteiger partial charge in [-0.25, -0.2) is 12.4 Å². The number of nitrogens with zero attached hydrogens (tertiary/aromatic N) is 1. The van der Waals surface area contributed by atoms with Crippen LogP contribution in [0.15, 0.2) is 58.0 Å². The Kier molecular flexibility index (Phi) is 6.11. The third-order valence-corrected chi connectivity index (χ3v) is 7.67. The van der Waals surface area contributed by atoms with Gasteiger partial charge in [-0.2, -0.15) is 0 Å². The molecule has 7 heteroatoms. The molecule has 0 fully saturated rings. The standard InChI is InChI=1S/C22H24BrNO3SSi/c1-16-8-10-19(11-9-16)28(26,27)24-15-17(14-18(25)12-13-29(2,3)4)22-20(23)6-5-7-21(22)24/h5-11,15,18,25H,14H2,1-4H3. The van der Waals surface area contributed by atoms with Crippen LogP contribution >= 0.6 is 15.9 Å². The summed E-state index contributed by atoms with van der Waals surface area (Å²) in [6.07, 6.45) is 1.01. The van der Waals surface area contributed by atoms with Crippen molar-refractivity contribution in [3.63, 3.8) is 0 Å². The minimum absolute atomic E-state index is 0.227. The molecule has 29 heavy (non-hydrogen) atoms. The molecule has 3 aromatic rings. The molecule has 1 unspecified atom stereocenters. The van der Waals surface area contributed by atoms with Crippen molar-refractivity contribution in [3.8, 4) is 11.5 Å². The van der Waals surface area contributed by atoms with Gasteiger partial charge in [0, 0.05) is 22.5 Å². The molecule has 0 aliphatic heterocycles. The van der Waals surface area contributed by atoms with Crippen LogP contribution in [0.4, 0.5) is 0 Å². The largest absolute Gasteiger partial charge is 0.380 e. The Bertz CT molecular complexity index is 1210. The van der Waals surface area contributed by atoms with Gasteiger partial charge in [-0.15, -0.1) is 5.54 Å². The molecule has 4 nitrogen and oxygen atoms in total. The monoisotopic (exact) mass is 489 g/mol. The Morgan fingerprint density at radius 3 is 2.41 bits per heavy atom. The smallest absolute Gasteiger partial charge is 0.268 e. The normalized spacial score (nSPS) is 13.2. The van der Waals surface area contributed by atoms with Crippen molar-refractivity contribution < 1.29 is 13.5 Å². The topological polar surface area (TPSA) is 59.3 Å². The van der Waals surface area contributed by atoms with Crippen LogP contribution in [0.1, 0.15) is 11.1 Å². The maximum Gasteiger partial charge on any atom is 0.268 e. The molecule has 0 bridgehead atoms. The number of benzene rings is 2. The second-order valence-corrected chi connectivity index (χ2v) is 15.6. The lowest BCUT2D eigenvalue weighted by molar-refractivity contribution is 0.233. The Labute approximate surface area is 181 Å². The van der Waals surface area contributed by atoms with Gasteiger partial charge in [0.25, 0.3) is 10.0 Å². The molecule has 0 saturated heterocycles. The van der Waals surface area contributed by atoms with Crippen molar-refractivity contribution >= 4 is 44.9 Å². The molecule has 0 aliphatic rings. The van der Waals surface area contributed by atoms with E-state index in [2.05, 4.69) is 47.0 Å². The number of rotatable bonds is 4. The van der Waals surface area contributed by atoms with Crippen LogP contribution in [0.25, 0.3) is 10.9 Å². The molecule has 0 saturated carbocycles. The zero-order valence-electron chi connectivity index (χ0n) is 16.9. The molecular weight excluding hydrogens is 466 g/mol. The van der Waals surface area contributed by atoms with Crippen molar-refractivity contribution in [2.24, 2.45) is 0 Å². The van der Waals surface area contributed by atoms with Gasteiger partial charge in [-0.1, -0.05) is 65.3 Å². The van der Waals surface area contributed by atoms with Crippen molar-refractivity contribution in [1.29, 1.82) is 0 Å². The van der Waals surface area contributed by atoms with E-state index >= 15 is 0 Å². The first kappa shape index (κ1) is 21.8. The van der Waals surface area contributed by atoms with E-state index in [0.717, 1.165) is 21.0 Å². The minimum Gasteiger partial charge on any atom is -0.380 e. The molecule has 0 aliphatic carbocycles. The van der Waals surface area contributed by atoms with E-state index in [-0.39, 0.29) is 11.3 Å². The molecule has 2 aromatic carbocycles. The fourth-order valence-corrected chi connectivity index (χ4v) is 5.62. The summed E-state index contributed by atoms with van der Waals surface area (Å²) in [4.78, 5) is 0.227. The van der Waals surface area contributed by atoms with Gasteiger partial charge in [0.2, 0.25) is 0 Å². The van der Waals surface area contributed by atoms with Crippen LogP contribution in [0.5, 0.6) is 0 Å². The molecule has 1 aromatic heterocycles. The SMILES string of the molecule is Cc1ccc(S(=O)(=O)n2cc(CC(O)C#C[Si](C)(C)C)c3c(Br)cccc32)cc1. The number of aryl methyl sites for hydroxylation is 1. The molecule has 1 atom stereocenters. The van der Waals surface area contributed by atoms with Crippen LogP contribution in [-0.2, 0) is 16.4 Å². The third-order valence-electron chi connectivity index (χ3n) is 4.43. The summed E-state index contributed by atoms with van der Waals surface area (Å²) >= 11 is 3.54. The number of aliphatic hydroxyl groups excluding tert-OH is 1. The number of aromatic nitrogens is 1. The van der Waals surface area contributed by atoms with Gasteiger partial charge < -0.3 is 5.11 Å². The van der Waals surface area contributed by atoms with Gasteiger partial charge in [0.1, 0.15) is 14.2 Å². The first-order valence-corrected chi connectivity index (χ1v) is 15.0. The van der Waals surface area contributed by atoms with E-state index < -0.39 is 24.2 Å². The zero-order valence-corrected chi connectivity index (χ0v) is 20.3. The second-order valence-electron chi connectivity index (χ2n) is 8.14. The molecule has 3 rings (SSSR count). The lowest BCUT2D eigenvalue weighted by Crippen LogP contribution is -2.18. The summed E-state index contributed by atoms with van der Waals surface area (Å²) in [5.41, 5.74) is 5.48. The molecule has 0 radical (unpaired) electrons. The van der Waals surface area contributed by atoms with E-state index in [1.165, 1.54) is 3.97 Å². The van der Waals surface area contributed by atoms with Gasteiger partial charge >= 0.3 is 0 Å². The van der Waals surface area contributed by atoms with E-state index in [1.807, 2.05) is 13.0 Å². The van der Waals surface area contributed by atoms with Gasteiger partial charge in [-0.3, -0.25) is 0 Å². The van der Waals surface area contributed by atoms with Crippen molar-refractivity contribution in [3.05, 3.63) is 64.3 Å². The molecule has 1 heterocycles. The Morgan fingerprint density at radius 2 is 1.79 bits per heavy atom. The number of fused-ring (bicyclic) bond motifs is 1. The molecule has 0 spiro atoms. The van der Waals surface area contributed by atoms with E-state index in [4.69, 9.17) is 0 Å². The lowest BCUT2D eigenvalue weighted by Gasteiger charge is -2.08. The summed E-state index contributed by atoms with van der Waals surface area (Å²) < 4.78 is 28.7. The van der Waals surface area contributed by atoms with Gasteiger partial charge in [0.15, 0.2) is 0 Å². The zero-order chi connectivity index (χ0) is 21.4. The summed E-state index contributed by atoms with van der Waals surface area (Å²) in [5.74, 6) is 2.93. The van der Waals surface area contributed by atoms with Crippen LogP contribution in [0.2, 0.25) is 19.6 Å². The quantitative estimate of drug-likeness (QED) is 0.425. The Hall–Kier alpha value is -1.85. The first-order valence-electron chi connectivity index (χ1n) is 9.30. The predicted molar refractivity (Wildman–Crippen MR) is 124 cm³/mol. The highest BCUT2D eigenvalue weighted by atomic mass is 79.9. The number of hydrogen-bond acceptors (Lipinski definition) is 3. The summed E-state index contributed by atoms with van der Waals surface area (Å²) in [5, 5.41) is 11.2. The minimum atomic E-state index is -3.76. The molecule has 152 valence electrons. The average molecular weight is 490 g/mol. The second kappa shape index (κ2) is 8.11. The predicted octanol–water partition coefficient (Wildman–Crippen LogP) is 4.73. The third kappa shape index (κ3) is 4.84. The first-order chi connectivity index (χ1) is 13.5. The van der Waals surface area contributed by atoms with Crippen LogP contribution in [0.3, 0.4) is 0 Å². The highest BCUT2D eigenvalue weighted by molar-refractivity contribution is 9.10. The van der Waals surface area contributed by atoms with E-state index in [0.29, 0.717) is 5.52 Å². The van der Waals surface area contributed by atoms with E-state index in [9.17, 15) is 13.5 Å². The number of halogens is 1. The van der Waals surface area contributed by atoms with Crippen LogP contribution in [0, 0.1) is 18.4 Å². The molecule has 1 N–H and O–H groups in total. The van der Waals surface area contributed by atoms with Crippen molar-refractivity contribution in [2.75, 3.05) is 0 Å². The number of hydrogen-bond donors (Lipinski definition) is 1. The lowest BCUT2D eigenvalue weighted by atomic mass is 10.1. The Balaban J connectivity index is 2.12. The Morgan fingerprint density at radius 1 is 1.14 bits per heavy atom. The van der Waals surface area contributed by atoms with Gasteiger partial charge in [0.05, 0.1) is 10.4 Å². The highest BCUT2D eigenvalue weighted by Crippen LogP contribution is 2.32. The van der Waals surface area contributed by atoms with Crippen LogP contribution < -0.4 is 0 Å². The number of aliphatic hydroxyl groups is 1. The van der Waals surface area contributed by atoms with E-state index in [1.54, 1.807) is 42.6 Å². The molecular formula is C22H24BrNO3SSi. The fourth-order valence-electron chi connectivity index (χ4n) is 3.03. The highest BCUT2D eigenvalue weighted by Gasteiger charge is 2.23. The summed E-state index contributed by atoms with van der Waals surface area (Å²) in [6, 6.07) is 12.2. The maximum atomic E-state index is 13.3.